The fraction of sp³-hybridized carbons (Fsp3) is 0.333. The Kier molecular flexibility index (Phi) is 6.30. The quantitative estimate of drug-likeness (QED) is 0.862. The van der Waals surface area contributed by atoms with Gasteiger partial charge in [-0.05, 0) is 24.6 Å². The molecule has 1 saturated heterocycles. The van der Waals surface area contributed by atoms with Crippen LogP contribution in [0.15, 0.2) is 30.5 Å². The van der Waals surface area contributed by atoms with E-state index in [-0.39, 0.29) is 24.2 Å². The summed E-state index contributed by atoms with van der Waals surface area (Å²) in [5.41, 5.74) is 0.857. The van der Waals surface area contributed by atoms with Crippen molar-refractivity contribution in [2.75, 3.05) is 18.4 Å². The van der Waals surface area contributed by atoms with Crippen molar-refractivity contribution in [3.63, 3.8) is 0 Å². The number of rotatable bonds is 4. The van der Waals surface area contributed by atoms with Gasteiger partial charge in [0, 0.05) is 12.6 Å². The van der Waals surface area contributed by atoms with Crippen molar-refractivity contribution in [2.24, 2.45) is 5.92 Å². The summed E-state index contributed by atoms with van der Waals surface area (Å²) in [6, 6.07) is 7.25. The zero-order chi connectivity index (χ0) is 15.5. The molecule has 23 heavy (non-hydrogen) atoms. The summed E-state index contributed by atoms with van der Waals surface area (Å²) in [4.78, 5) is 12.2. The minimum absolute atomic E-state index is 0. The summed E-state index contributed by atoms with van der Waals surface area (Å²) in [6.07, 6.45) is 2.51. The van der Waals surface area contributed by atoms with Gasteiger partial charge in [-0.2, -0.15) is 5.10 Å². The molecule has 0 spiro atoms. The van der Waals surface area contributed by atoms with Gasteiger partial charge in [0.05, 0.1) is 28.7 Å². The number of hydrogen-bond donors (Lipinski definition) is 2. The highest BCUT2D eigenvalue weighted by atomic mass is 35.5. The van der Waals surface area contributed by atoms with E-state index < -0.39 is 0 Å². The van der Waals surface area contributed by atoms with Crippen LogP contribution in [0.1, 0.15) is 12.0 Å². The normalized spacial score (nSPS) is 16.9. The molecule has 1 amide bonds. The number of hydrogen-bond acceptors (Lipinski definition) is 3. The summed E-state index contributed by atoms with van der Waals surface area (Å²) in [5, 5.41) is 11.4. The van der Waals surface area contributed by atoms with E-state index >= 15 is 0 Å². The molecule has 1 fully saturated rings. The highest BCUT2D eigenvalue weighted by Gasteiger charge is 2.23. The van der Waals surface area contributed by atoms with Crippen LogP contribution in [0.4, 0.5) is 5.82 Å². The first-order valence-electron chi connectivity index (χ1n) is 7.11. The molecule has 8 heteroatoms. The number of aromatic nitrogens is 2. The number of carbonyl (C=O) groups excluding carboxylic acids is 1. The molecule has 1 aliphatic rings. The molecule has 2 heterocycles. The Balaban J connectivity index is 0.00000192. The van der Waals surface area contributed by atoms with E-state index in [4.69, 9.17) is 23.2 Å². The van der Waals surface area contributed by atoms with Gasteiger partial charge >= 0.3 is 0 Å². The SMILES string of the molecule is Cl.O=C(Nc1ccnn1Cc1cccc(Cl)c1Cl)C1CCNC1. The lowest BCUT2D eigenvalue weighted by Crippen LogP contribution is -2.26. The van der Waals surface area contributed by atoms with Crippen LogP contribution in [0.2, 0.25) is 10.0 Å². The van der Waals surface area contributed by atoms with Crippen LogP contribution in [-0.4, -0.2) is 28.8 Å². The molecule has 2 N–H and O–H groups in total. The van der Waals surface area contributed by atoms with Crippen molar-refractivity contribution >= 4 is 47.3 Å². The topological polar surface area (TPSA) is 59.0 Å². The van der Waals surface area contributed by atoms with Gasteiger partial charge < -0.3 is 10.6 Å². The standard InChI is InChI=1S/C15H16Cl2N4O.ClH/c16-12-3-1-2-11(14(12)17)9-21-13(5-7-19-21)20-15(22)10-4-6-18-8-10;/h1-3,5,7,10,18H,4,6,8-9H2,(H,20,22);1H. The molecular formula is C15H17Cl3N4O. The summed E-state index contributed by atoms with van der Waals surface area (Å²) in [7, 11) is 0. The van der Waals surface area contributed by atoms with Crippen molar-refractivity contribution in [1.82, 2.24) is 15.1 Å². The fourth-order valence-corrected chi connectivity index (χ4v) is 2.88. The third-order valence-corrected chi connectivity index (χ3v) is 4.61. The summed E-state index contributed by atoms with van der Waals surface area (Å²) < 4.78 is 1.71. The van der Waals surface area contributed by atoms with Crippen LogP contribution >= 0.6 is 35.6 Å². The van der Waals surface area contributed by atoms with E-state index in [0.717, 1.165) is 25.1 Å². The minimum atomic E-state index is 0. The van der Waals surface area contributed by atoms with E-state index in [1.165, 1.54) is 0 Å². The molecular weight excluding hydrogens is 359 g/mol. The summed E-state index contributed by atoms with van der Waals surface area (Å²) in [5.74, 6) is 0.690. The van der Waals surface area contributed by atoms with Gasteiger partial charge in [-0.1, -0.05) is 35.3 Å². The maximum Gasteiger partial charge on any atom is 0.229 e. The molecule has 124 valence electrons. The first-order chi connectivity index (χ1) is 10.6. The maximum absolute atomic E-state index is 12.2. The molecule has 0 radical (unpaired) electrons. The predicted octanol–water partition coefficient (Wildman–Crippen LogP) is 3.21. The van der Waals surface area contributed by atoms with Crippen LogP contribution in [0.25, 0.3) is 0 Å². The summed E-state index contributed by atoms with van der Waals surface area (Å²) in [6.45, 7) is 2.06. The van der Waals surface area contributed by atoms with Gasteiger partial charge in [-0.25, -0.2) is 4.68 Å². The molecule has 0 aliphatic carbocycles. The zero-order valence-electron chi connectivity index (χ0n) is 12.3. The Labute approximate surface area is 150 Å². The molecule has 3 rings (SSSR count). The molecule has 1 aromatic heterocycles. The molecule has 1 aliphatic heterocycles. The number of benzene rings is 1. The Hall–Kier alpha value is -1.27. The predicted molar refractivity (Wildman–Crippen MR) is 94.6 cm³/mol. The second-order valence-corrected chi connectivity index (χ2v) is 6.05. The number of nitrogens with one attached hydrogen (secondary N) is 2. The summed E-state index contributed by atoms with van der Waals surface area (Å²) >= 11 is 12.2. The van der Waals surface area contributed by atoms with Gasteiger partial charge in [0.25, 0.3) is 0 Å². The van der Waals surface area contributed by atoms with Crippen molar-refractivity contribution < 1.29 is 4.79 Å². The Morgan fingerprint density at radius 3 is 2.96 bits per heavy atom. The van der Waals surface area contributed by atoms with Crippen LogP contribution in [0.5, 0.6) is 0 Å². The average molecular weight is 376 g/mol. The van der Waals surface area contributed by atoms with Crippen molar-refractivity contribution in [2.45, 2.75) is 13.0 Å². The molecule has 0 saturated carbocycles. The Bertz CT molecular complexity index is 683. The largest absolute Gasteiger partial charge is 0.316 e. The van der Waals surface area contributed by atoms with Crippen LogP contribution in [0.3, 0.4) is 0 Å². The third-order valence-electron chi connectivity index (χ3n) is 3.75. The van der Waals surface area contributed by atoms with Gasteiger partial charge in [0.2, 0.25) is 5.91 Å². The Morgan fingerprint density at radius 2 is 2.22 bits per heavy atom. The highest BCUT2D eigenvalue weighted by molar-refractivity contribution is 6.42. The average Bonchev–Trinajstić information content (AvgIpc) is 3.16. The van der Waals surface area contributed by atoms with Crippen molar-refractivity contribution in [3.8, 4) is 0 Å². The van der Waals surface area contributed by atoms with Crippen molar-refractivity contribution in [3.05, 3.63) is 46.1 Å². The number of carbonyl (C=O) groups is 1. The monoisotopic (exact) mass is 374 g/mol. The smallest absolute Gasteiger partial charge is 0.229 e. The van der Waals surface area contributed by atoms with Gasteiger partial charge in [0.15, 0.2) is 0 Å². The van der Waals surface area contributed by atoms with Crippen LogP contribution < -0.4 is 10.6 Å². The zero-order valence-corrected chi connectivity index (χ0v) is 14.6. The van der Waals surface area contributed by atoms with E-state index in [0.29, 0.717) is 22.4 Å². The maximum atomic E-state index is 12.2. The minimum Gasteiger partial charge on any atom is -0.316 e. The van der Waals surface area contributed by atoms with E-state index in [2.05, 4.69) is 15.7 Å². The van der Waals surface area contributed by atoms with E-state index in [1.54, 1.807) is 23.0 Å². The second kappa shape index (κ2) is 8.02. The molecule has 1 unspecified atom stereocenters. The number of halogens is 3. The number of amides is 1. The molecule has 0 bridgehead atoms. The second-order valence-electron chi connectivity index (χ2n) is 5.27. The lowest BCUT2D eigenvalue weighted by atomic mass is 10.1. The van der Waals surface area contributed by atoms with Crippen molar-refractivity contribution in [1.29, 1.82) is 0 Å². The first-order valence-corrected chi connectivity index (χ1v) is 7.87. The van der Waals surface area contributed by atoms with Crippen LogP contribution in [-0.2, 0) is 11.3 Å². The van der Waals surface area contributed by atoms with Crippen LogP contribution in [0, 0.1) is 5.92 Å². The third kappa shape index (κ3) is 4.18. The van der Waals surface area contributed by atoms with Gasteiger partial charge in [-0.3, -0.25) is 4.79 Å². The lowest BCUT2D eigenvalue weighted by molar-refractivity contribution is -0.119. The van der Waals surface area contributed by atoms with E-state index in [9.17, 15) is 4.79 Å². The molecule has 2 aromatic rings. The number of anilines is 1. The lowest BCUT2D eigenvalue weighted by Gasteiger charge is -2.13. The Morgan fingerprint density at radius 1 is 1.39 bits per heavy atom. The van der Waals surface area contributed by atoms with Gasteiger partial charge in [0.1, 0.15) is 5.82 Å². The molecule has 1 atom stereocenters. The molecule has 1 aromatic carbocycles. The highest BCUT2D eigenvalue weighted by Crippen LogP contribution is 2.26. The van der Waals surface area contributed by atoms with E-state index in [1.807, 2.05) is 12.1 Å². The first kappa shape index (κ1) is 18.1. The number of nitrogens with zero attached hydrogens (tertiary/aromatic N) is 2. The fourth-order valence-electron chi connectivity index (χ4n) is 2.50. The molecule has 5 nitrogen and oxygen atoms in total. The van der Waals surface area contributed by atoms with Gasteiger partial charge in [-0.15, -0.1) is 12.4 Å².